The van der Waals surface area contributed by atoms with Crippen LogP contribution in [0.2, 0.25) is 0 Å². The maximum Gasteiger partial charge on any atom is 0.124 e. The molecule has 0 saturated carbocycles. The van der Waals surface area contributed by atoms with Crippen LogP contribution in [-0.4, -0.2) is 15.1 Å². The highest BCUT2D eigenvalue weighted by Crippen LogP contribution is 2.40. The molecule has 0 spiro atoms. The van der Waals surface area contributed by atoms with Gasteiger partial charge in [-0.15, -0.1) is 0 Å². The van der Waals surface area contributed by atoms with E-state index in [9.17, 15) is 5.11 Å². The Morgan fingerprint density at radius 1 is 0.481 bits per heavy atom. The summed E-state index contributed by atoms with van der Waals surface area (Å²) in [6, 6.07) is 53.1. The summed E-state index contributed by atoms with van der Waals surface area (Å²) >= 11 is 0. The molecule has 5 aromatic carbocycles. The number of para-hydroxylation sites is 1. The Bertz CT molecular complexity index is 2300. The average molecular weight is 697 g/mol. The second-order valence-corrected chi connectivity index (χ2v) is 17.5. The zero-order valence-electron chi connectivity index (χ0n) is 30.8. The molecule has 2 aromatic heterocycles. The van der Waals surface area contributed by atoms with Crippen molar-refractivity contribution in [1.29, 1.82) is 0 Å². The van der Waals surface area contributed by atoms with Gasteiger partial charge in [0.25, 0.3) is 0 Å². The molecule has 7 aromatic rings. The molecule has 7 rings (SSSR count). The fourth-order valence-corrected chi connectivity index (χ4v) is 8.94. The molecule has 0 saturated heterocycles. The lowest BCUT2D eigenvalue weighted by molar-refractivity contribution is 0.477. The molecule has 0 aliphatic rings. The highest BCUT2D eigenvalue weighted by molar-refractivity contribution is 7.79. The summed E-state index contributed by atoms with van der Waals surface area (Å²) in [5, 5.41) is 13.5. The van der Waals surface area contributed by atoms with Gasteiger partial charge in [-0.2, -0.15) is 0 Å². The number of aromatic nitrogens is 2. The Kier molecular flexibility index (Phi) is 9.66. The van der Waals surface area contributed by atoms with Crippen LogP contribution in [0.1, 0.15) is 52.7 Å². The number of phenols is 1. The topological polar surface area (TPSA) is 46.0 Å². The average Bonchev–Trinajstić information content (AvgIpc) is 3.15. The molecule has 0 fully saturated rings. The second kappa shape index (κ2) is 14.3. The normalized spacial score (nSPS) is 12.4. The van der Waals surface area contributed by atoms with Gasteiger partial charge in [0.2, 0.25) is 0 Å². The zero-order chi connectivity index (χ0) is 36.5. The van der Waals surface area contributed by atoms with Crippen molar-refractivity contribution >= 4 is 24.0 Å². The van der Waals surface area contributed by atoms with Gasteiger partial charge in [0, 0.05) is 25.2 Å². The summed E-state index contributed by atoms with van der Waals surface area (Å²) in [4.78, 5) is 10.2. The molecule has 1 atom stereocenters. The molecule has 0 aliphatic carbocycles. The van der Waals surface area contributed by atoms with Crippen LogP contribution < -0.4 is 16.0 Å². The van der Waals surface area contributed by atoms with E-state index in [0.29, 0.717) is 5.56 Å². The van der Waals surface area contributed by atoms with Crippen molar-refractivity contribution in [1.82, 2.24) is 9.97 Å². The van der Waals surface area contributed by atoms with Crippen molar-refractivity contribution in [2.75, 3.05) is 0 Å². The predicted molar refractivity (Wildman–Crippen MR) is 222 cm³/mol. The molecule has 52 heavy (non-hydrogen) atoms. The Morgan fingerprint density at radius 2 is 1.08 bits per heavy atom. The highest BCUT2D eigenvalue weighted by atomic mass is 31.1. The van der Waals surface area contributed by atoms with Crippen molar-refractivity contribution in [2.45, 2.75) is 52.4 Å². The van der Waals surface area contributed by atoms with E-state index in [4.69, 9.17) is 9.97 Å². The van der Waals surface area contributed by atoms with Crippen molar-refractivity contribution < 1.29 is 5.11 Å². The minimum atomic E-state index is -1.02. The van der Waals surface area contributed by atoms with Crippen molar-refractivity contribution in [2.24, 2.45) is 0 Å². The standard InChI is InChI=1S/C48H45N2OP/c1-47(2,3)37-27-35(28-38(32-37)48(4,5)6)36-30-42(50-43(31-36)41-22-10-12-23-44(41)51)34-19-16-20-39(29-34)52(46-25-14-15-26-49-46)45-24-13-11-21-40(45)33-17-8-7-9-18-33/h7-32,51H,1-6H3. The third kappa shape index (κ3) is 7.47. The van der Waals surface area contributed by atoms with Crippen LogP contribution in [0.4, 0.5) is 0 Å². The lowest BCUT2D eigenvalue weighted by atomic mass is 9.79. The van der Waals surface area contributed by atoms with E-state index in [0.717, 1.165) is 33.5 Å². The predicted octanol–water partition coefficient (Wildman–Crippen LogP) is 11.2. The second-order valence-electron chi connectivity index (χ2n) is 15.4. The molecule has 3 nitrogen and oxygen atoms in total. The van der Waals surface area contributed by atoms with Crippen molar-refractivity contribution in [3.05, 3.63) is 169 Å². The van der Waals surface area contributed by atoms with E-state index in [1.54, 1.807) is 6.07 Å². The number of pyridine rings is 2. The van der Waals surface area contributed by atoms with Gasteiger partial charge >= 0.3 is 0 Å². The lowest BCUT2D eigenvalue weighted by Crippen LogP contribution is -2.24. The van der Waals surface area contributed by atoms with Gasteiger partial charge in [-0.05, 0) is 97.3 Å². The number of benzene rings is 5. The van der Waals surface area contributed by atoms with Gasteiger partial charge < -0.3 is 5.11 Å². The van der Waals surface area contributed by atoms with E-state index < -0.39 is 7.92 Å². The van der Waals surface area contributed by atoms with Crippen LogP contribution in [0.5, 0.6) is 5.75 Å². The number of hydrogen-bond acceptors (Lipinski definition) is 3. The smallest absolute Gasteiger partial charge is 0.124 e. The summed E-state index contributed by atoms with van der Waals surface area (Å²) < 4.78 is 0. The first kappa shape index (κ1) is 35.1. The van der Waals surface area contributed by atoms with Gasteiger partial charge in [-0.25, -0.2) is 4.98 Å². The van der Waals surface area contributed by atoms with E-state index >= 15 is 0 Å². The number of aromatic hydroxyl groups is 1. The van der Waals surface area contributed by atoms with Gasteiger partial charge in [-0.3, -0.25) is 4.98 Å². The first-order valence-corrected chi connectivity index (χ1v) is 19.2. The summed E-state index contributed by atoms with van der Waals surface area (Å²) in [6.07, 6.45) is 1.89. The van der Waals surface area contributed by atoms with Crippen LogP contribution in [0.25, 0.3) is 44.8 Å². The third-order valence-electron chi connectivity index (χ3n) is 9.51. The van der Waals surface area contributed by atoms with E-state index in [1.165, 1.54) is 32.9 Å². The Hall–Kier alpha value is -5.37. The number of hydrogen-bond donors (Lipinski definition) is 1. The van der Waals surface area contributed by atoms with Crippen LogP contribution in [0, 0.1) is 0 Å². The van der Waals surface area contributed by atoms with Gasteiger partial charge in [0.05, 0.1) is 16.8 Å². The number of rotatable bonds is 7. The van der Waals surface area contributed by atoms with E-state index in [-0.39, 0.29) is 16.6 Å². The fourth-order valence-electron chi connectivity index (χ4n) is 6.55. The van der Waals surface area contributed by atoms with Gasteiger partial charge in [-0.1, -0.05) is 151 Å². The maximum absolute atomic E-state index is 11.0. The molecule has 1 unspecified atom stereocenters. The Labute approximate surface area is 309 Å². The van der Waals surface area contributed by atoms with Crippen LogP contribution in [0.3, 0.4) is 0 Å². The number of phenolic OH excluding ortho intramolecular Hbond substituents is 1. The van der Waals surface area contributed by atoms with Crippen LogP contribution >= 0.6 is 7.92 Å². The quantitative estimate of drug-likeness (QED) is 0.169. The SMILES string of the molecule is CC(C)(C)c1cc(-c2cc(-c3cccc(P(c4ccccn4)c4ccccc4-c4ccccc4)c3)nc(-c3ccccc3O)c2)cc(C(C)(C)C)c1. The third-order valence-corrected chi connectivity index (χ3v) is 11.9. The minimum absolute atomic E-state index is 0.0284. The minimum Gasteiger partial charge on any atom is -0.507 e. The monoisotopic (exact) mass is 696 g/mol. The molecular formula is C48H45N2OP. The Morgan fingerprint density at radius 3 is 1.75 bits per heavy atom. The first-order chi connectivity index (χ1) is 25.0. The molecular weight excluding hydrogens is 652 g/mol. The first-order valence-electron chi connectivity index (χ1n) is 17.9. The van der Waals surface area contributed by atoms with Gasteiger partial charge in [0.1, 0.15) is 5.75 Å². The summed E-state index contributed by atoms with van der Waals surface area (Å²) in [5.74, 6) is 0.210. The van der Waals surface area contributed by atoms with Crippen LogP contribution in [-0.2, 0) is 10.8 Å². The molecule has 0 amide bonds. The fraction of sp³-hybridized carbons (Fsp3) is 0.167. The molecule has 1 N–H and O–H groups in total. The molecule has 0 aliphatic heterocycles. The molecule has 0 radical (unpaired) electrons. The number of nitrogens with zero attached hydrogens (tertiary/aromatic N) is 2. The zero-order valence-corrected chi connectivity index (χ0v) is 31.7. The summed E-state index contributed by atoms with van der Waals surface area (Å²) in [7, 11) is -1.02. The molecule has 4 heteroatoms. The van der Waals surface area contributed by atoms with E-state index in [1.807, 2.05) is 30.5 Å². The van der Waals surface area contributed by atoms with E-state index in [2.05, 4.69) is 163 Å². The summed E-state index contributed by atoms with van der Waals surface area (Å²) in [5.41, 5.74) is 11.5. The molecule has 0 bridgehead atoms. The largest absolute Gasteiger partial charge is 0.507 e. The lowest BCUT2D eigenvalue weighted by Gasteiger charge is -2.26. The van der Waals surface area contributed by atoms with Crippen molar-refractivity contribution in [3.8, 4) is 50.5 Å². The maximum atomic E-state index is 11.0. The molecule has 258 valence electrons. The molecule has 2 heterocycles. The van der Waals surface area contributed by atoms with Gasteiger partial charge in [0.15, 0.2) is 0 Å². The van der Waals surface area contributed by atoms with Crippen molar-refractivity contribution in [3.63, 3.8) is 0 Å². The van der Waals surface area contributed by atoms with Crippen LogP contribution in [0.15, 0.2) is 158 Å². The highest BCUT2D eigenvalue weighted by Gasteiger charge is 2.24. The Balaban J connectivity index is 1.44. The summed E-state index contributed by atoms with van der Waals surface area (Å²) in [6.45, 7) is 13.6.